The summed E-state index contributed by atoms with van der Waals surface area (Å²) in [7, 11) is 0. The third-order valence-corrected chi connectivity index (χ3v) is 6.50. The summed E-state index contributed by atoms with van der Waals surface area (Å²) in [5.41, 5.74) is 0. The number of nitrogens with one attached hydrogen (secondary N) is 2. The molecule has 0 bridgehead atoms. The summed E-state index contributed by atoms with van der Waals surface area (Å²) in [6, 6.07) is -0.431. The van der Waals surface area contributed by atoms with E-state index in [1.54, 1.807) is 0 Å². The summed E-state index contributed by atoms with van der Waals surface area (Å²) in [5.74, 6) is 0.914. The van der Waals surface area contributed by atoms with Crippen LogP contribution in [0.5, 0.6) is 0 Å². The molecule has 1 heterocycles. The molecule has 2 rings (SSSR count). The average molecular weight is 395 g/mol. The predicted molar refractivity (Wildman–Crippen MR) is 114 cm³/mol. The number of rotatable bonds is 9. The molecule has 162 valence electrons. The van der Waals surface area contributed by atoms with Gasteiger partial charge in [0.2, 0.25) is 11.8 Å². The van der Waals surface area contributed by atoms with Crippen molar-refractivity contribution < 1.29 is 9.59 Å². The monoisotopic (exact) mass is 394 g/mol. The van der Waals surface area contributed by atoms with Gasteiger partial charge in [-0.15, -0.1) is 0 Å². The van der Waals surface area contributed by atoms with Crippen LogP contribution in [0.25, 0.3) is 0 Å². The first kappa shape index (κ1) is 23.1. The molecule has 0 spiro atoms. The highest BCUT2D eigenvalue weighted by Crippen LogP contribution is 2.28. The van der Waals surface area contributed by atoms with Crippen LogP contribution in [0.3, 0.4) is 0 Å². The van der Waals surface area contributed by atoms with E-state index in [9.17, 15) is 9.59 Å². The zero-order valence-corrected chi connectivity index (χ0v) is 18.5. The second kappa shape index (κ2) is 11.8. The first-order chi connectivity index (χ1) is 13.4. The molecule has 1 saturated carbocycles. The van der Waals surface area contributed by atoms with Crippen LogP contribution in [0.4, 0.5) is 0 Å². The number of piperazine rings is 1. The van der Waals surface area contributed by atoms with Crippen molar-refractivity contribution in [3.8, 4) is 0 Å². The molecule has 28 heavy (non-hydrogen) atoms. The maximum absolute atomic E-state index is 12.6. The lowest BCUT2D eigenvalue weighted by atomic mass is 9.82. The maximum Gasteiger partial charge on any atom is 0.242 e. The summed E-state index contributed by atoms with van der Waals surface area (Å²) >= 11 is 0. The van der Waals surface area contributed by atoms with Crippen molar-refractivity contribution in [2.45, 2.75) is 65.8 Å². The fourth-order valence-electron chi connectivity index (χ4n) is 4.28. The van der Waals surface area contributed by atoms with Crippen molar-refractivity contribution in [3.05, 3.63) is 0 Å². The molecule has 2 N–H and O–H groups in total. The number of hydrogen-bond donors (Lipinski definition) is 2. The number of carbonyl (C=O) groups excluding carboxylic acids is 2. The Balaban J connectivity index is 1.68. The Bertz CT molecular complexity index is 481. The van der Waals surface area contributed by atoms with Crippen molar-refractivity contribution in [1.82, 2.24) is 20.4 Å². The lowest BCUT2D eigenvalue weighted by molar-refractivity contribution is -0.132. The minimum absolute atomic E-state index is 0.0386. The van der Waals surface area contributed by atoms with Crippen LogP contribution in [-0.4, -0.2) is 73.5 Å². The van der Waals surface area contributed by atoms with Crippen molar-refractivity contribution in [3.63, 3.8) is 0 Å². The van der Waals surface area contributed by atoms with E-state index in [0.717, 1.165) is 77.3 Å². The van der Waals surface area contributed by atoms with E-state index in [1.807, 2.05) is 13.8 Å². The van der Waals surface area contributed by atoms with Gasteiger partial charge in [-0.2, -0.15) is 0 Å². The molecular formula is C22H42N4O2. The highest BCUT2D eigenvalue weighted by Gasteiger charge is 2.29. The molecule has 0 aromatic carbocycles. The molecule has 2 aliphatic rings. The van der Waals surface area contributed by atoms with Gasteiger partial charge in [0.1, 0.15) is 6.04 Å². The van der Waals surface area contributed by atoms with Gasteiger partial charge >= 0.3 is 0 Å². The average Bonchev–Trinajstić information content (AvgIpc) is 2.69. The standard InChI is InChI=1S/C22H42N4O2/c1-5-25-13-15-26(16-14-25)12-6-11-23-22(28)20(17(2)3)24-21(27)19-9-7-18(4)8-10-19/h17-20H,5-16H2,1-4H3,(H,23,28)(H,24,27)/t18?,19?,20-/m0/s1. The molecular weight excluding hydrogens is 352 g/mol. The fraction of sp³-hybridized carbons (Fsp3) is 0.909. The van der Waals surface area contributed by atoms with E-state index in [1.165, 1.54) is 0 Å². The summed E-state index contributed by atoms with van der Waals surface area (Å²) in [4.78, 5) is 30.2. The first-order valence-electron chi connectivity index (χ1n) is 11.4. The summed E-state index contributed by atoms with van der Waals surface area (Å²) in [6.45, 7) is 15.8. The Morgan fingerprint density at radius 3 is 2.18 bits per heavy atom. The van der Waals surface area contributed by atoms with E-state index in [2.05, 4.69) is 34.3 Å². The van der Waals surface area contributed by atoms with Gasteiger partial charge in [0, 0.05) is 38.6 Å². The second-order valence-electron chi connectivity index (χ2n) is 9.11. The largest absolute Gasteiger partial charge is 0.354 e. The van der Waals surface area contributed by atoms with Gasteiger partial charge in [0.15, 0.2) is 0 Å². The third-order valence-electron chi connectivity index (χ3n) is 6.50. The van der Waals surface area contributed by atoms with Crippen LogP contribution >= 0.6 is 0 Å². The van der Waals surface area contributed by atoms with E-state index in [4.69, 9.17) is 0 Å². The van der Waals surface area contributed by atoms with E-state index >= 15 is 0 Å². The maximum atomic E-state index is 12.6. The number of hydrogen-bond acceptors (Lipinski definition) is 4. The molecule has 2 fully saturated rings. The third kappa shape index (κ3) is 7.36. The molecule has 0 aromatic rings. The van der Waals surface area contributed by atoms with Crippen molar-refractivity contribution in [1.29, 1.82) is 0 Å². The molecule has 2 amide bonds. The van der Waals surface area contributed by atoms with Crippen LogP contribution in [0.1, 0.15) is 59.8 Å². The highest BCUT2D eigenvalue weighted by molar-refractivity contribution is 5.88. The minimum atomic E-state index is -0.431. The van der Waals surface area contributed by atoms with Gasteiger partial charge in [-0.3, -0.25) is 9.59 Å². The van der Waals surface area contributed by atoms with Crippen LogP contribution in [0, 0.1) is 17.8 Å². The molecule has 1 aliphatic carbocycles. The zero-order chi connectivity index (χ0) is 20.5. The molecule has 0 unspecified atom stereocenters. The Morgan fingerprint density at radius 1 is 1.00 bits per heavy atom. The van der Waals surface area contributed by atoms with Crippen LogP contribution in [0.15, 0.2) is 0 Å². The Kier molecular flexibility index (Phi) is 9.72. The van der Waals surface area contributed by atoms with Gasteiger partial charge in [0.25, 0.3) is 0 Å². The molecule has 1 aliphatic heterocycles. The zero-order valence-electron chi connectivity index (χ0n) is 18.5. The fourth-order valence-corrected chi connectivity index (χ4v) is 4.28. The quantitative estimate of drug-likeness (QED) is 0.588. The van der Waals surface area contributed by atoms with Crippen LogP contribution < -0.4 is 10.6 Å². The molecule has 6 nitrogen and oxygen atoms in total. The van der Waals surface area contributed by atoms with Crippen LogP contribution in [0.2, 0.25) is 0 Å². The Hall–Kier alpha value is -1.14. The molecule has 6 heteroatoms. The van der Waals surface area contributed by atoms with Crippen molar-refractivity contribution >= 4 is 11.8 Å². The number of amides is 2. The van der Waals surface area contributed by atoms with Crippen LogP contribution in [-0.2, 0) is 9.59 Å². The number of likely N-dealkylation sites (N-methyl/N-ethyl adjacent to an activating group) is 1. The van der Waals surface area contributed by atoms with E-state index in [0.29, 0.717) is 6.54 Å². The SMILES string of the molecule is CCN1CCN(CCCNC(=O)[C@@H](NC(=O)C2CCC(C)CC2)C(C)C)CC1. The van der Waals surface area contributed by atoms with Gasteiger partial charge in [-0.1, -0.05) is 27.7 Å². The normalized spacial score (nSPS) is 25.5. The smallest absolute Gasteiger partial charge is 0.242 e. The highest BCUT2D eigenvalue weighted by atomic mass is 16.2. The molecule has 0 radical (unpaired) electrons. The summed E-state index contributed by atoms with van der Waals surface area (Å²) < 4.78 is 0. The lowest BCUT2D eigenvalue weighted by Crippen LogP contribution is -2.52. The van der Waals surface area contributed by atoms with Gasteiger partial charge < -0.3 is 20.4 Å². The predicted octanol–water partition coefficient (Wildman–Crippen LogP) is 2.10. The molecule has 1 atom stereocenters. The van der Waals surface area contributed by atoms with Gasteiger partial charge in [0.05, 0.1) is 0 Å². The van der Waals surface area contributed by atoms with E-state index in [-0.39, 0.29) is 23.7 Å². The molecule has 0 aromatic heterocycles. The first-order valence-corrected chi connectivity index (χ1v) is 11.4. The Labute approximate surface area is 171 Å². The van der Waals surface area contributed by atoms with Crippen molar-refractivity contribution in [2.24, 2.45) is 17.8 Å². The number of nitrogens with zero attached hydrogens (tertiary/aromatic N) is 2. The topological polar surface area (TPSA) is 64.7 Å². The van der Waals surface area contributed by atoms with Gasteiger partial charge in [-0.05, 0) is 57.0 Å². The minimum Gasteiger partial charge on any atom is -0.354 e. The van der Waals surface area contributed by atoms with Gasteiger partial charge in [-0.25, -0.2) is 0 Å². The van der Waals surface area contributed by atoms with E-state index < -0.39 is 6.04 Å². The van der Waals surface area contributed by atoms with Crippen molar-refractivity contribution in [2.75, 3.05) is 45.8 Å². The summed E-state index contributed by atoms with van der Waals surface area (Å²) in [6.07, 6.45) is 5.08. The Morgan fingerprint density at radius 2 is 1.61 bits per heavy atom. The molecule has 1 saturated heterocycles. The summed E-state index contributed by atoms with van der Waals surface area (Å²) in [5, 5.41) is 6.08. The number of carbonyl (C=O) groups is 2. The second-order valence-corrected chi connectivity index (χ2v) is 9.11. The lowest BCUT2D eigenvalue weighted by Gasteiger charge is -2.34.